The van der Waals surface area contributed by atoms with E-state index < -0.39 is 8.32 Å². The molecule has 1 nitrogen and oxygen atoms in total. The lowest BCUT2D eigenvalue weighted by molar-refractivity contribution is 0.328. The van der Waals surface area contributed by atoms with Crippen LogP contribution >= 0.6 is 15.9 Å². The highest BCUT2D eigenvalue weighted by molar-refractivity contribution is 9.10. The normalized spacial score (nSPS) is 13.2. The van der Waals surface area contributed by atoms with Crippen molar-refractivity contribution >= 4 is 30.3 Å². The van der Waals surface area contributed by atoms with Crippen LogP contribution in [0.3, 0.4) is 0 Å². The Kier molecular flexibility index (Phi) is 5.38. The van der Waals surface area contributed by atoms with E-state index in [9.17, 15) is 0 Å². The summed E-state index contributed by atoms with van der Waals surface area (Å²) in [5, 5.41) is 0.272. The Labute approximate surface area is 121 Å². The van der Waals surface area contributed by atoms with Gasteiger partial charge < -0.3 is 4.43 Å². The lowest BCUT2D eigenvalue weighted by Crippen LogP contribution is -2.40. The van der Waals surface area contributed by atoms with Crippen molar-refractivity contribution in [2.45, 2.75) is 38.9 Å². The molecule has 0 aliphatic carbocycles. The summed E-state index contributed by atoms with van der Waals surface area (Å²) in [5.41, 5.74) is 1.19. The summed E-state index contributed by atoms with van der Waals surface area (Å²) in [6, 6.07) is 8.20. The summed E-state index contributed by atoms with van der Waals surface area (Å²) < 4.78 is 7.21. The molecular weight excluding hydrogens is 304 g/mol. The van der Waals surface area contributed by atoms with Crippen molar-refractivity contribution in [3.8, 4) is 0 Å². The summed E-state index contributed by atoms with van der Waals surface area (Å²) in [5.74, 6) is 0. The van der Waals surface area contributed by atoms with E-state index in [1.54, 1.807) is 0 Å². The first-order chi connectivity index (χ1) is 8.24. The minimum Gasteiger partial charge on any atom is -0.413 e. The zero-order valence-electron chi connectivity index (χ0n) is 12.0. The zero-order chi connectivity index (χ0) is 13.8. The maximum Gasteiger partial charge on any atom is 0.192 e. The van der Waals surface area contributed by atoms with Gasteiger partial charge in [0.15, 0.2) is 8.32 Å². The maximum atomic E-state index is 6.09. The van der Waals surface area contributed by atoms with Crippen LogP contribution in [0.4, 0.5) is 0 Å². The van der Waals surface area contributed by atoms with Crippen LogP contribution in [0.1, 0.15) is 26.3 Å². The van der Waals surface area contributed by atoms with Gasteiger partial charge in [-0.15, -0.1) is 0 Å². The summed E-state index contributed by atoms with van der Waals surface area (Å²) in [7, 11) is -1.62. The van der Waals surface area contributed by atoms with Crippen molar-refractivity contribution in [1.29, 1.82) is 0 Å². The molecule has 1 rings (SSSR count). The third-order valence-corrected chi connectivity index (χ3v) is 8.77. The molecule has 0 radical (unpaired) electrons. The van der Waals surface area contributed by atoms with Crippen LogP contribution in [0.2, 0.25) is 18.1 Å². The van der Waals surface area contributed by atoms with Crippen LogP contribution in [-0.2, 0) is 4.43 Å². The van der Waals surface area contributed by atoms with Crippen LogP contribution in [0, 0.1) is 0 Å². The Morgan fingerprint density at radius 2 is 1.83 bits per heavy atom. The molecule has 100 valence electrons. The Morgan fingerprint density at radius 1 is 1.22 bits per heavy atom. The number of benzene rings is 1. The lowest BCUT2D eigenvalue weighted by atomic mass is 10.2. The first kappa shape index (κ1) is 15.7. The summed E-state index contributed by atoms with van der Waals surface area (Å²) in [4.78, 5) is 0. The Morgan fingerprint density at radius 3 is 2.39 bits per heavy atom. The third-order valence-electron chi connectivity index (χ3n) is 3.55. The molecule has 1 aromatic carbocycles. The van der Waals surface area contributed by atoms with Crippen LogP contribution in [0.5, 0.6) is 0 Å². The van der Waals surface area contributed by atoms with Crippen molar-refractivity contribution in [3.05, 3.63) is 40.4 Å². The van der Waals surface area contributed by atoms with E-state index in [0.717, 1.165) is 4.47 Å². The fourth-order valence-electron chi connectivity index (χ4n) is 1.26. The molecule has 0 atom stereocenters. The van der Waals surface area contributed by atoms with Crippen LogP contribution in [0.25, 0.3) is 6.08 Å². The van der Waals surface area contributed by atoms with E-state index in [2.05, 4.69) is 68.0 Å². The molecule has 0 fully saturated rings. The Balaban J connectivity index is 2.55. The highest BCUT2D eigenvalue weighted by Gasteiger charge is 2.36. The van der Waals surface area contributed by atoms with E-state index in [0.29, 0.717) is 6.61 Å². The second-order valence-corrected chi connectivity index (χ2v) is 11.7. The predicted molar refractivity (Wildman–Crippen MR) is 86.3 cm³/mol. The quantitative estimate of drug-likeness (QED) is 0.665. The van der Waals surface area contributed by atoms with Crippen LogP contribution in [0.15, 0.2) is 34.8 Å². The molecule has 0 aliphatic rings. The molecule has 0 heterocycles. The second kappa shape index (κ2) is 6.18. The van der Waals surface area contributed by atoms with E-state index in [1.807, 2.05) is 18.2 Å². The first-order valence-corrected chi connectivity index (χ1v) is 9.99. The molecule has 0 saturated heterocycles. The van der Waals surface area contributed by atoms with Gasteiger partial charge in [-0.05, 0) is 29.8 Å². The lowest BCUT2D eigenvalue weighted by Gasteiger charge is -2.35. The number of hydrogen-bond acceptors (Lipinski definition) is 1. The van der Waals surface area contributed by atoms with Gasteiger partial charge in [-0.3, -0.25) is 0 Å². The van der Waals surface area contributed by atoms with E-state index in [-0.39, 0.29) is 5.04 Å². The second-order valence-electron chi connectivity index (χ2n) is 6.00. The monoisotopic (exact) mass is 326 g/mol. The number of hydrogen-bond donors (Lipinski definition) is 0. The number of rotatable bonds is 4. The largest absolute Gasteiger partial charge is 0.413 e. The molecule has 0 unspecified atom stereocenters. The molecule has 1 aromatic rings. The third kappa shape index (κ3) is 4.37. The van der Waals surface area contributed by atoms with Crippen molar-refractivity contribution in [2.75, 3.05) is 6.61 Å². The van der Waals surface area contributed by atoms with E-state index >= 15 is 0 Å². The van der Waals surface area contributed by atoms with Crippen LogP contribution in [-0.4, -0.2) is 14.9 Å². The maximum absolute atomic E-state index is 6.09. The molecule has 0 spiro atoms. The highest BCUT2D eigenvalue weighted by atomic mass is 79.9. The van der Waals surface area contributed by atoms with Crippen molar-refractivity contribution < 1.29 is 4.43 Å². The van der Waals surface area contributed by atoms with Gasteiger partial charge in [0.25, 0.3) is 0 Å². The van der Waals surface area contributed by atoms with Crippen molar-refractivity contribution in [2.24, 2.45) is 0 Å². The summed E-state index contributed by atoms with van der Waals surface area (Å²) in [6.07, 6.45) is 4.21. The van der Waals surface area contributed by atoms with Gasteiger partial charge >= 0.3 is 0 Å². The smallest absolute Gasteiger partial charge is 0.192 e. The minimum absolute atomic E-state index is 0.272. The topological polar surface area (TPSA) is 9.23 Å². The Bertz CT molecular complexity index is 419. The highest BCUT2D eigenvalue weighted by Crippen LogP contribution is 2.36. The van der Waals surface area contributed by atoms with Gasteiger partial charge in [0.2, 0.25) is 0 Å². The minimum atomic E-state index is -1.62. The van der Waals surface area contributed by atoms with Gasteiger partial charge in [-0.2, -0.15) is 0 Å². The standard InChI is InChI=1S/C15H23BrOSi/c1-15(2,3)18(4,5)17-12-8-10-13-9-6-7-11-14(13)16/h6-11H,12H2,1-5H3/b10-8+. The molecule has 0 N–H and O–H groups in total. The van der Waals surface area contributed by atoms with Gasteiger partial charge in [0.1, 0.15) is 0 Å². The average molecular weight is 327 g/mol. The van der Waals surface area contributed by atoms with Gasteiger partial charge in [-0.1, -0.05) is 67.1 Å². The average Bonchev–Trinajstić information content (AvgIpc) is 2.25. The molecule has 0 bridgehead atoms. The first-order valence-electron chi connectivity index (χ1n) is 6.29. The molecule has 0 aromatic heterocycles. The molecular formula is C15H23BrOSi. The zero-order valence-corrected chi connectivity index (χ0v) is 14.5. The fraction of sp³-hybridized carbons (Fsp3) is 0.467. The van der Waals surface area contributed by atoms with Gasteiger partial charge in [0.05, 0.1) is 6.61 Å². The molecule has 3 heteroatoms. The SMILES string of the molecule is CC(C)(C)[Si](C)(C)OC/C=C/c1ccccc1Br. The molecule has 0 aliphatic heterocycles. The van der Waals surface area contributed by atoms with E-state index in [4.69, 9.17) is 4.43 Å². The number of halogens is 1. The predicted octanol–water partition coefficient (Wildman–Crippen LogP) is 5.48. The van der Waals surface area contributed by atoms with Crippen molar-refractivity contribution in [1.82, 2.24) is 0 Å². The van der Waals surface area contributed by atoms with Crippen LogP contribution < -0.4 is 0 Å². The molecule has 0 amide bonds. The van der Waals surface area contributed by atoms with E-state index in [1.165, 1.54) is 5.56 Å². The van der Waals surface area contributed by atoms with Gasteiger partial charge in [-0.25, -0.2) is 0 Å². The molecule has 18 heavy (non-hydrogen) atoms. The summed E-state index contributed by atoms with van der Waals surface area (Å²) in [6.45, 7) is 12.0. The van der Waals surface area contributed by atoms with Crippen molar-refractivity contribution in [3.63, 3.8) is 0 Å². The summed E-state index contributed by atoms with van der Waals surface area (Å²) >= 11 is 3.54. The van der Waals surface area contributed by atoms with Gasteiger partial charge in [0, 0.05) is 4.47 Å². The molecule has 0 saturated carbocycles. The fourth-order valence-corrected chi connectivity index (χ4v) is 2.62. The Hall–Kier alpha value is -0.383.